The molecule has 1 aliphatic rings. The summed E-state index contributed by atoms with van der Waals surface area (Å²) in [4.78, 5) is 23.5. The van der Waals surface area contributed by atoms with Crippen LogP contribution in [0.5, 0.6) is 0 Å². The molecule has 0 radical (unpaired) electrons. The van der Waals surface area contributed by atoms with E-state index in [2.05, 4.69) is 20.2 Å². The van der Waals surface area contributed by atoms with Gasteiger partial charge in [0.2, 0.25) is 0 Å². The molecule has 0 unspecified atom stereocenters. The van der Waals surface area contributed by atoms with Crippen molar-refractivity contribution in [2.75, 3.05) is 24.5 Å². The van der Waals surface area contributed by atoms with Gasteiger partial charge in [0.1, 0.15) is 5.82 Å². The molecule has 1 aliphatic heterocycles. The predicted octanol–water partition coefficient (Wildman–Crippen LogP) is 3.06. The second-order valence-corrected chi connectivity index (χ2v) is 6.67. The lowest BCUT2D eigenvalue weighted by atomic mass is 10.1. The zero-order valence-corrected chi connectivity index (χ0v) is 15.1. The van der Waals surface area contributed by atoms with Crippen LogP contribution < -0.4 is 10.2 Å². The van der Waals surface area contributed by atoms with Crippen LogP contribution in [-0.4, -0.2) is 35.5 Å². The van der Waals surface area contributed by atoms with Crippen LogP contribution >= 0.6 is 0 Å². The van der Waals surface area contributed by atoms with E-state index in [9.17, 15) is 4.79 Å². The molecule has 0 saturated carbocycles. The number of benzene rings is 1. The molecule has 1 N–H and O–H groups in total. The molecule has 1 aromatic carbocycles. The van der Waals surface area contributed by atoms with Crippen molar-refractivity contribution in [3.8, 4) is 0 Å². The number of aromatic nitrogens is 2. The topological polar surface area (TPSA) is 58.1 Å². The molecular formula is C20H26N4O. The summed E-state index contributed by atoms with van der Waals surface area (Å²) in [5, 5.41) is 2.95. The quantitative estimate of drug-likeness (QED) is 0.910. The lowest BCUT2D eigenvalue weighted by Crippen LogP contribution is -2.29. The summed E-state index contributed by atoms with van der Waals surface area (Å²) >= 11 is 0. The Bertz CT molecular complexity index is 701. The molecule has 0 bridgehead atoms. The van der Waals surface area contributed by atoms with Crippen LogP contribution in [0.3, 0.4) is 0 Å². The van der Waals surface area contributed by atoms with Crippen LogP contribution in [0.4, 0.5) is 5.69 Å². The molecule has 1 amide bonds. The molecule has 0 spiro atoms. The molecule has 1 fully saturated rings. The van der Waals surface area contributed by atoms with Crippen molar-refractivity contribution in [2.45, 2.75) is 39.5 Å². The number of anilines is 1. The van der Waals surface area contributed by atoms with E-state index in [1.165, 1.54) is 24.9 Å². The summed E-state index contributed by atoms with van der Waals surface area (Å²) in [5.74, 6) is 0.729. The van der Waals surface area contributed by atoms with E-state index in [1.807, 2.05) is 44.2 Å². The highest BCUT2D eigenvalue weighted by molar-refractivity contribution is 5.94. The van der Waals surface area contributed by atoms with Gasteiger partial charge in [0.05, 0.1) is 0 Å². The Labute approximate surface area is 149 Å². The van der Waals surface area contributed by atoms with Crippen molar-refractivity contribution in [2.24, 2.45) is 0 Å². The Morgan fingerprint density at radius 3 is 2.32 bits per heavy atom. The summed E-state index contributed by atoms with van der Waals surface area (Å²) < 4.78 is 0. The van der Waals surface area contributed by atoms with Crippen molar-refractivity contribution in [1.29, 1.82) is 0 Å². The summed E-state index contributed by atoms with van der Waals surface area (Å²) in [7, 11) is 0. The first kappa shape index (κ1) is 17.4. The van der Waals surface area contributed by atoms with Crippen LogP contribution in [0.2, 0.25) is 0 Å². The SMILES string of the molecule is Cc1cc(C)nc(CCNC(=O)c2ccc(N3CCCCC3)cc2)n1. The van der Waals surface area contributed by atoms with Crippen LogP contribution in [0.25, 0.3) is 0 Å². The fraction of sp³-hybridized carbons (Fsp3) is 0.450. The van der Waals surface area contributed by atoms with Crippen LogP contribution in [0.1, 0.15) is 46.8 Å². The van der Waals surface area contributed by atoms with Gasteiger partial charge in [-0.15, -0.1) is 0 Å². The largest absolute Gasteiger partial charge is 0.372 e. The maximum atomic E-state index is 12.3. The van der Waals surface area contributed by atoms with Gasteiger partial charge in [-0.05, 0) is 63.4 Å². The summed E-state index contributed by atoms with van der Waals surface area (Å²) in [5.41, 5.74) is 3.83. The van der Waals surface area contributed by atoms with E-state index in [1.54, 1.807) is 0 Å². The van der Waals surface area contributed by atoms with E-state index in [-0.39, 0.29) is 5.91 Å². The van der Waals surface area contributed by atoms with E-state index < -0.39 is 0 Å². The lowest BCUT2D eigenvalue weighted by molar-refractivity contribution is 0.0954. The van der Waals surface area contributed by atoms with Gasteiger partial charge in [-0.25, -0.2) is 9.97 Å². The molecule has 2 heterocycles. The highest BCUT2D eigenvalue weighted by Gasteiger charge is 2.12. The van der Waals surface area contributed by atoms with E-state index in [0.717, 1.165) is 30.3 Å². The highest BCUT2D eigenvalue weighted by atomic mass is 16.1. The van der Waals surface area contributed by atoms with Gasteiger partial charge < -0.3 is 10.2 Å². The molecule has 0 aliphatic carbocycles. The normalized spacial score (nSPS) is 14.4. The Kier molecular flexibility index (Phi) is 5.64. The number of carbonyl (C=O) groups excluding carboxylic acids is 1. The molecule has 1 saturated heterocycles. The number of aryl methyl sites for hydroxylation is 2. The van der Waals surface area contributed by atoms with Gasteiger partial charge in [0.15, 0.2) is 0 Å². The van der Waals surface area contributed by atoms with Gasteiger partial charge >= 0.3 is 0 Å². The van der Waals surface area contributed by atoms with Crippen molar-refractivity contribution in [3.05, 3.63) is 53.1 Å². The number of nitrogens with zero attached hydrogens (tertiary/aromatic N) is 3. The molecule has 5 nitrogen and oxygen atoms in total. The minimum atomic E-state index is -0.0467. The van der Waals surface area contributed by atoms with Crippen molar-refractivity contribution >= 4 is 11.6 Å². The van der Waals surface area contributed by atoms with Gasteiger partial charge in [-0.2, -0.15) is 0 Å². The average molecular weight is 338 g/mol. The molecular weight excluding hydrogens is 312 g/mol. The number of hydrogen-bond donors (Lipinski definition) is 1. The van der Waals surface area contributed by atoms with Crippen molar-refractivity contribution in [3.63, 3.8) is 0 Å². The maximum absolute atomic E-state index is 12.3. The van der Waals surface area contributed by atoms with Gasteiger partial charge in [0.25, 0.3) is 5.91 Å². The Morgan fingerprint density at radius 2 is 1.68 bits per heavy atom. The maximum Gasteiger partial charge on any atom is 0.251 e. The molecule has 0 atom stereocenters. The molecule has 2 aromatic rings. The summed E-state index contributed by atoms with van der Waals surface area (Å²) in [6.07, 6.45) is 4.47. The molecule has 132 valence electrons. The van der Waals surface area contributed by atoms with Crippen molar-refractivity contribution < 1.29 is 4.79 Å². The first-order chi connectivity index (χ1) is 12.1. The summed E-state index contributed by atoms with van der Waals surface area (Å²) in [6.45, 7) is 6.68. The zero-order chi connectivity index (χ0) is 17.6. The van der Waals surface area contributed by atoms with Crippen LogP contribution in [-0.2, 0) is 6.42 Å². The van der Waals surface area contributed by atoms with Gasteiger partial charge in [0, 0.05) is 48.7 Å². The number of rotatable bonds is 5. The third-order valence-corrected chi connectivity index (χ3v) is 4.51. The monoisotopic (exact) mass is 338 g/mol. The van der Waals surface area contributed by atoms with E-state index in [0.29, 0.717) is 18.5 Å². The Balaban J connectivity index is 1.52. The smallest absolute Gasteiger partial charge is 0.251 e. The third-order valence-electron chi connectivity index (χ3n) is 4.51. The standard InChI is InChI=1S/C20H26N4O/c1-15-14-16(2)23-19(22-15)10-11-21-20(25)17-6-8-18(9-7-17)24-12-4-3-5-13-24/h6-9,14H,3-5,10-13H2,1-2H3,(H,21,25). The van der Waals surface area contributed by atoms with Crippen LogP contribution in [0.15, 0.2) is 30.3 Å². The van der Waals surface area contributed by atoms with Gasteiger partial charge in [-0.3, -0.25) is 4.79 Å². The average Bonchev–Trinajstić information content (AvgIpc) is 2.62. The predicted molar refractivity (Wildman–Crippen MR) is 100 cm³/mol. The molecule has 1 aromatic heterocycles. The summed E-state index contributed by atoms with van der Waals surface area (Å²) in [6, 6.07) is 9.87. The fourth-order valence-electron chi connectivity index (χ4n) is 3.28. The van der Waals surface area contributed by atoms with E-state index in [4.69, 9.17) is 0 Å². The number of amides is 1. The minimum Gasteiger partial charge on any atom is -0.372 e. The fourth-order valence-corrected chi connectivity index (χ4v) is 3.28. The molecule has 3 rings (SSSR count). The Morgan fingerprint density at radius 1 is 1.04 bits per heavy atom. The second kappa shape index (κ2) is 8.10. The third kappa shape index (κ3) is 4.78. The van der Waals surface area contributed by atoms with Crippen LogP contribution in [0, 0.1) is 13.8 Å². The molecule has 5 heteroatoms. The second-order valence-electron chi connectivity index (χ2n) is 6.67. The van der Waals surface area contributed by atoms with Crippen molar-refractivity contribution in [1.82, 2.24) is 15.3 Å². The first-order valence-corrected chi connectivity index (χ1v) is 9.06. The Hall–Kier alpha value is -2.43. The zero-order valence-electron chi connectivity index (χ0n) is 15.1. The number of nitrogens with one attached hydrogen (secondary N) is 1. The van der Waals surface area contributed by atoms with Gasteiger partial charge in [-0.1, -0.05) is 0 Å². The highest BCUT2D eigenvalue weighted by Crippen LogP contribution is 2.20. The lowest BCUT2D eigenvalue weighted by Gasteiger charge is -2.28. The minimum absolute atomic E-state index is 0.0467. The number of hydrogen-bond acceptors (Lipinski definition) is 4. The number of piperidine rings is 1. The first-order valence-electron chi connectivity index (χ1n) is 9.06. The van der Waals surface area contributed by atoms with E-state index >= 15 is 0 Å². The molecule has 25 heavy (non-hydrogen) atoms. The number of carbonyl (C=O) groups is 1.